The van der Waals surface area contributed by atoms with Gasteiger partial charge in [0.2, 0.25) is 5.91 Å². The highest BCUT2D eigenvalue weighted by molar-refractivity contribution is 5.82. The highest BCUT2D eigenvalue weighted by atomic mass is 16.6. The van der Waals surface area contributed by atoms with Crippen LogP contribution in [0.25, 0.3) is 0 Å². The molecule has 0 aromatic rings. The van der Waals surface area contributed by atoms with Crippen molar-refractivity contribution < 1.29 is 14.3 Å². The molecule has 0 aromatic heterocycles. The zero-order chi connectivity index (χ0) is 15.3. The monoisotopic (exact) mass is 284 g/mol. The summed E-state index contributed by atoms with van der Waals surface area (Å²) in [5.41, 5.74) is -0.333. The van der Waals surface area contributed by atoms with Crippen LogP contribution in [0.4, 0.5) is 4.79 Å². The molecule has 0 aliphatic carbocycles. The van der Waals surface area contributed by atoms with Gasteiger partial charge in [-0.25, -0.2) is 4.79 Å². The fourth-order valence-electron chi connectivity index (χ4n) is 2.84. The lowest BCUT2D eigenvalue weighted by molar-refractivity contribution is -0.142. The molecule has 1 aliphatic heterocycles. The second-order valence-electron chi connectivity index (χ2n) is 6.46. The van der Waals surface area contributed by atoms with Crippen molar-refractivity contribution in [3.8, 4) is 0 Å². The average Bonchev–Trinajstić information content (AvgIpc) is 2.37. The number of nitrogens with zero attached hydrogens (tertiary/aromatic N) is 2. The van der Waals surface area contributed by atoms with Crippen molar-refractivity contribution in [2.45, 2.75) is 41.0 Å². The van der Waals surface area contributed by atoms with Gasteiger partial charge in [-0.2, -0.15) is 0 Å². The summed E-state index contributed by atoms with van der Waals surface area (Å²) in [6, 6.07) is 0. The Labute approximate surface area is 122 Å². The van der Waals surface area contributed by atoms with Gasteiger partial charge in [0.1, 0.15) is 0 Å². The lowest BCUT2D eigenvalue weighted by Crippen LogP contribution is -2.53. The van der Waals surface area contributed by atoms with Crippen molar-refractivity contribution in [3.63, 3.8) is 0 Å². The van der Waals surface area contributed by atoms with Gasteiger partial charge in [0, 0.05) is 31.6 Å². The van der Waals surface area contributed by atoms with E-state index in [1.807, 2.05) is 18.7 Å². The summed E-state index contributed by atoms with van der Waals surface area (Å²) in [4.78, 5) is 27.7. The topological polar surface area (TPSA) is 49.9 Å². The van der Waals surface area contributed by atoms with E-state index in [-0.39, 0.29) is 17.4 Å². The highest BCUT2D eigenvalue weighted by Gasteiger charge is 2.34. The number of hydrogen-bond acceptors (Lipinski definition) is 3. The molecule has 0 bridgehead atoms. The minimum absolute atomic E-state index is 0.190. The third-order valence-electron chi connectivity index (χ3n) is 3.59. The molecule has 5 nitrogen and oxygen atoms in total. The third-order valence-corrected chi connectivity index (χ3v) is 3.59. The fraction of sp³-hybridized carbons (Fsp3) is 0.867. The lowest BCUT2D eigenvalue weighted by atomic mass is 9.82. The van der Waals surface area contributed by atoms with E-state index in [0.717, 1.165) is 6.42 Å². The summed E-state index contributed by atoms with van der Waals surface area (Å²) < 4.78 is 4.98. The first kappa shape index (κ1) is 16.8. The van der Waals surface area contributed by atoms with Gasteiger partial charge >= 0.3 is 6.09 Å². The van der Waals surface area contributed by atoms with Gasteiger partial charge in [-0.3, -0.25) is 4.79 Å². The Balaban J connectivity index is 2.52. The van der Waals surface area contributed by atoms with E-state index in [0.29, 0.717) is 38.7 Å². The molecule has 20 heavy (non-hydrogen) atoms. The Hall–Kier alpha value is -1.26. The van der Waals surface area contributed by atoms with Crippen LogP contribution in [0.2, 0.25) is 0 Å². The predicted molar refractivity (Wildman–Crippen MR) is 78.4 cm³/mol. The number of ether oxygens (including phenoxy) is 1. The van der Waals surface area contributed by atoms with E-state index in [2.05, 4.69) is 13.8 Å². The number of hydrogen-bond donors (Lipinski definition) is 0. The molecule has 1 saturated heterocycles. The van der Waals surface area contributed by atoms with Gasteiger partial charge in [-0.05, 0) is 19.3 Å². The quantitative estimate of drug-likeness (QED) is 0.796. The van der Waals surface area contributed by atoms with Crippen molar-refractivity contribution in [1.82, 2.24) is 9.80 Å². The number of carbonyl (C=O) groups excluding carboxylic acids is 2. The second-order valence-corrected chi connectivity index (χ2v) is 6.46. The zero-order valence-electron chi connectivity index (χ0n) is 13.4. The van der Waals surface area contributed by atoms with Crippen LogP contribution in [-0.2, 0) is 9.53 Å². The molecule has 1 rings (SSSR count). The van der Waals surface area contributed by atoms with Gasteiger partial charge in [-0.15, -0.1) is 0 Å². The maximum atomic E-state index is 12.5. The first-order chi connectivity index (χ1) is 9.27. The normalized spacial score (nSPS) is 16.5. The molecule has 5 heteroatoms. The Morgan fingerprint density at radius 1 is 1.10 bits per heavy atom. The molecule has 1 heterocycles. The first-order valence-electron chi connectivity index (χ1n) is 7.49. The molecular formula is C15H28N2O3. The van der Waals surface area contributed by atoms with E-state index >= 15 is 0 Å². The molecule has 0 spiro atoms. The summed E-state index contributed by atoms with van der Waals surface area (Å²) in [6.07, 6.45) is 0.602. The highest BCUT2D eigenvalue weighted by Crippen LogP contribution is 2.28. The smallest absolute Gasteiger partial charge is 0.409 e. The Bertz CT molecular complexity index is 345. The molecule has 0 saturated carbocycles. The maximum absolute atomic E-state index is 12.5. The van der Waals surface area contributed by atoms with E-state index in [9.17, 15) is 9.59 Å². The second kappa shape index (κ2) is 6.95. The largest absolute Gasteiger partial charge is 0.450 e. The van der Waals surface area contributed by atoms with E-state index in [4.69, 9.17) is 4.74 Å². The van der Waals surface area contributed by atoms with Crippen LogP contribution < -0.4 is 0 Å². The van der Waals surface area contributed by atoms with Gasteiger partial charge in [0.15, 0.2) is 0 Å². The number of amides is 2. The molecule has 116 valence electrons. The molecular weight excluding hydrogens is 256 g/mol. The zero-order valence-corrected chi connectivity index (χ0v) is 13.4. The van der Waals surface area contributed by atoms with Crippen LogP contribution in [0.15, 0.2) is 0 Å². The van der Waals surface area contributed by atoms with Gasteiger partial charge in [0.25, 0.3) is 0 Å². The first-order valence-corrected chi connectivity index (χ1v) is 7.49. The van der Waals surface area contributed by atoms with E-state index in [1.165, 1.54) is 0 Å². The van der Waals surface area contributed by atoms with Crippen LogP contribution in [0.1, 0.15) is 41.0 Å². The predicted octanol–water partition coefficient (Wildman–Crippen LogP) is 2.36. The van der Waals surface area contributed by atoms with Crippen LogP contribution in [0.5, 0.6) is 0 Å². The lowest BCUT2D eigenvalue weighted by Gasteiger charge is -2.38. The minimum atomic E-state index is -0.333. The fourth-order valence-corrected chi connectivity index (χ4v) is 2.84. The van der Waals surface area contributed by atoms with Gasteiger partial charge in [0.05, 0.1) is 6.61 Å². The van der Waals surface area contributed by atoms with E-state index < -0.39 is 0 Å². The Morgan fingerprint density at radius 2 is 1.60 bits per heavy atom. The number of rotatable bonds is 4. The maximum Gasteiger partial charge on any atom is 0.409 e. The Morgan fingerprint density at radius 3 is 2.05 bits per heavy atom. The molecule has 0 unspecified atom stereocenters. The van der Waals surface area contributed by atoms with E-state index in [1.54, 1.807) is 11.8 Å². The van der Waals surface area contributed by atoms with Crippen molar-refractivity contribution in [2.75, 3.05) is 32.8 Å². The van der Waals surface area contributed by atoms with Crippen LogP contribution in [-0.4, -0.2) is 54.6 Å². The summed E-state index contributed by atoms with van der Waals surface area (Å²) in [5, 5.41) is 0. The van der Waals surface area contributed by atoms with Crippen LogP contribution in [0, 0.1) is 11.3 Å². The van der Waals surface area contributed by atoms with Crippen LogP contribution in [0.3, 0.4) is 0 Å². The number of carbonyl (C=O) groups is 2. The molecule has 0 radical (unpaired) electrons. The van der Waals surface area contributed by atoms with Crippen molar-refractivity contribution >= 4 is 12.0 Å². The van der Waals surface area contributed by atoms with Crippen molar-refractivity contribution in [2.24, 2.45) is 11.3 Å². The van der Waals surface area contributed by atoms with Crippen molar-refractivity contribution in [3.05, 3.63) is 0 Å². The third kappa shape index (κ3) is 4.39. The summed E-state index contributed by atoms with van der Waals surface area (Å²) in [7, 11) is 0. The van der Waals surface area contributed by atoms with Gasteiger partial charge in [-0.1, -0.05) is 27.7 Å². The Kier molecular flexibility index (Phi) is 5.84. The number of piperazine rings is 1. The average molecular weight is 284 g/mol. The van der Waals surface area contributed by atoms with Crippen LogP contribution >= 0.6 is 0 Å². The van der Waals surface area contributed by atoms with Crippen molar-refractivity contribution in [1.29, 1.82) is 0 Å². The molecule has 0 aromatic carbocycles. The SMILES string of the molecule is CCOC(=O)N1CCN(C(=O)C(C)(C)CC(C)C)CC1. The molecule has 1 fully saturated rings. The standard InChI is InChI=1S/C15H28N2O3/c1-6-20-14(19)17-9-7-16(8-10-17)13(18)15(4,5)11-12(2)3/h12H,6-11H2,1-5H3. The summed E-state index contributed by atoms with van der Waals surface area (Å²) >= 11 is 0. The summed E-state index contributed by atoms with van der Waals surface area (Å²) in [5.74, 6) is 0.685. The molecule has 1 aliphatic rings. The van der Waals surface area contributed by atoms with Gasteiger partial charge < -0.3 is 14.5 Å². The molecule has 2 amide bonds. The molecule has 0 atom stereocenters. The summed E-state index contributed by atoms with van der Waals surface area (Å²) in [6.45, 7) is 12.8. The molecule has 0 N–H and O–H groups in total. The minimum Gasteiger partial charge on any atom is -0.450 e.